The normalized spacial score (nSPS) is 9.95. The van der Waals surface area contributed by atoms with Crippen molar-refractivity contribution in [1.29, 1.82) is 21.0 Å². The zero-order valence-corrected chi connectivity index (χ0v) is 48.8. The summed E-state index contributed by atoms with van der Waals surface area (Å²) < 4.78 is 4.26. The Morgan fingerprint density at radius 1 is 0.489 bits per heavy atom. The molecule has 6 heterocycles. The molecule has 9 aromatic rings. The fourth-order valence-corrected chi connectivity index (χ4v) is 7.84. The quantitative estimate of drug-likeness (QED) is 0.0263. The second-order valence-corrected chi connectivity index (χ2v) is 18.7. The Morgan fingerprint density at radius 3 is 1.10 bits per heavy atom. The van der Waals surface area contributed by atoms with Gasteiger partial charge in [0.25, 0.3) is 0 Å². The molecule has 10 N–H and O–H groups in total. The molecule has 446 valence electrons. The van der Waals surface area contributed by atoms with Crippen LogP contribution in [0.4, 0.5) is 34.9 Å². The van der Waals surface area contributed by atoms with E-state index in [1.54, 1.807) is 91.5 Å². The minimum atomic E-state index is -1.01. The third-order valence-corrected chi connectivity index (χ3v) is 12.0. The van der Waals surface area contributed by atoms with Gasteiger partial charge in [-0.25, -0.2) is 34.7 Å². The summed E-state index contributed by atoms with van der Waals surface area (Å²) in [6, 6.07) is 27.5. The first-order chi connectivity index (χ1) is 41.9. The molecule has 0 atom stereocenters. The van der Waals surface area contributed by atoms with Crippen molar-refractivity contribution in [1.82, 2.24) is 59.2 Å². The fourth-order valence-electron chi connectivity index (χ4n) is 7.24. The Labute approximate surface area is 521 Å². The van der Waals surface area contributed by atoms with E-state index in [1.165, 1.54) is 57.2 Å². The van der Waals surface area contributed by atoms with E-state index in [4.69, 9.17) is 72.4 Å². The number of carbonyl (C=O) groups excluding carboxylic acids is 4. The molecule has 88 heavy (non-hydrogen) atoms. The maximum Gasteiger partial charge on any atom is 0.335 e. The van der Waals surface area contributed by atoms with Crippen LogP contribution in [-0.4, -0.2) is 100 Å². The third-order valence-electron chi connectivity index (χ3n) is 11.2. The molecule has 3 aromatic carbocycles. The monoisotopic (exact) mass is 1260 g/mol. The zero-order chi connectivity index (χ0) is 62.8. The van der Waals surface area contributed by atoms with Crippen molar-refractivity contribution in [2.75, 3.05) is 22.5 Å². The standard InChI is InChI=1S/C19H16ClN7O2.C19H14ClN7O.C16H13ClN6O3.C2H4N2.ClH/c20-15-9-23-19(25-14-8-24-27(10-14)11-17(22)29)26-18(15)13-5-3-12(4-6-13)16(28)2-1-7-21;20-16-11-23-19(25-15-10-24-27(12-15)9-8-22)26-18(16)14-5-3-13(4-6-14)17(28)2-1-7-21;17-12-6-19-16(21-11-5-20-23(7-11)8-13(18)24)22-14(12)9-1-3-10(4-2-9)15(25)26;3-1-2-4;/h3-6,8-10H,1-2,11H2,(H2,22,29)(H,23,25,26);3-6,10-12H,1-2,9H2,(H,23,25,26);1-7H,8H2,(H2,18,24)(H,25,26)(H,19,21,22);1,3H2;1H. The fraction of sp³-hybridized carbons (Fsp3) is 0.143. The molecular formula is C56H48Cl4N22O6. The number of nitrogens with zero attached hydrogens (tertiary/aromatic N) is 16. The van der Waals surface area contributed by atoms with Crippen molar-refractivity contribution < 1.29 is 29.1 Å². The maximum absolute atomic E-state index is 12.0. The lowest BCUT2D eigenvalue weighted by atomic mass is 10.0. The van der Waals surface area contributed by atoms with E-state index in [1.807, 2.05) is 18.2 Å². The van der Waals surface area contributed by atoms with Gasteiger partial charge in [-0.05, 0) is 12.1 Å². The number of nitrogens with two attached hydrogens (primary N) is 3. The lowest BCUT2D eigenvalue weighted by Crippen LogP contribution is -2.18. The van der Waals surface area contributed by atoms with Crippen LogP contribution >= 0.6 is 47.2 Å². The van der Waals surface area contributed by atoms with E-state index < -0.39 is 17.8 Å². The van der Waals surface area contributed by atoms with Crippen LogP contribution in [0, 0.1) is 45.3 Å². The molecule has 6 aromatic heterocycles. The Balaban J connectivity index is 0.000000232. The van der Waals surface area contributed by atoms with Crippen LogP contribution in [0.25, 0.3) is 33.8 Å². The number of halogens is 4. The van der Waals surface area contributed by atoms with Gasteiger partial charge in [0.1, 0.15) is 19.6 Å². The number of aromatic carboxylic acids is 1. The molecular weight excluding hydrogens is 1220 g/mol. The summed E-state index contributed by atoms with van der Waals surface area (Å²) in [6.07, 6.45) is 14.6. The molecule has 0 radical (unpaired) electrons. The number of primary amides is 2. The average molecular weight is 1270 g/mol. The summed E-state index contributed by atoms with van der Waals surface area (Å²) in [4.78, 5) is 82.4. The molecule has 2 amide bonds. The van der Waals surface area contributed by atoms with Crippen LogP contribution in [0.5, 0.6) is 0 Å². The molecule has 28 nitrogen and oxygen atoms in total. The van der Waals surface area contributed by atoms with E-state index in [9.17, 15) is 24.0 Å². The second kappa shape index (κ2) is 33.9. The number of carboxylic acids is 1. The Bertz CT molecular complexity index is 4070. The number of anilines is 6. The van der Waals surface area contributed by atoms with Crippen molar-refractivity contribution in [3.63, 3.8) is 0 Å². The first-order valence-electron chi connectivity index (χ1n) is 25.2. The topological polar surface area (TPSA) is 446 Å². The van der Waals surface area contributed by atoms with Gasteiger partial charge in [-0.1, -0.05) is 95.5 Å². The number of carbonyl (C=O) groups is 5. The van der Waals surface area contributed by atoms with Gasteiger partial charge in [0, 0.05) is 72.1 Å². The molecule has 0 saturated heterocycles. The molecule has 9 rings (SSSR count). The van der Waals surface area contributed by atoms with Gasteiger partial charge >= 0.3 is 5.97 Å². The van der Waals surface area contributed by atoms with E-state index in [0.29, 0.717) is 77.4 Å². The van der Waals surface area contributed by atoms with Crippen molar-refractivity contribution in [2.24, 2.45) is 17.2 Å². The molecule has 0 aliphatic rings. The van der Waals surface area contributed by atoms with Gasteiger partial charge in [-0.2, -0.15) is 36.3 Å². The number of hydrogen-bond acceptors (Lipinski definition) is 22. The molecule has 0 spiro atoms. The van der Waals surface area contributed by atoms with Crippen LogP contribution in [0.15, 0.2) is 129 Å². The summed E-state index contributed by atoms with van der Waals surface area (Å²) in [5, 5.41) is 64.4. The first-order valence-corrected chi connectivity index (χ1v) is 26.4. The van der Waals surface area contributed by atoms with E-state index in [2.05, 4.69) is 66.9 Å². The van der Waals surface area contributed by atoms with Crippen molar-refractivity contribution in [3.8, 4) is 58.0 Å². The number of aromatic nitrogens is 12. The minimum Gasteiger partial charge on any atom is -0.478 e. The van der Waals surface area contributed by atoms with Gasteiger partial charge < -0.3 is 38.3 Å². The summed E-state index contributed by atoms with van der Waals surface area (Å²) in [7, 11) is 0. The van der Waals surface area contributed by atoms with Gasteiger partial charge in [0.15, 0.2) is 11.6 Å². The summed E-state index contributed by atoms with van der Waals surface area (Å²) in [5.74, 6) is -1.32. The van der Waals surface area contributed by atoms with E-state index in [0.717, 1.165) is 5.56 Å². The van der Waals surface area contributed by atoms with Crippen LogP contribution in [0.2, 0.25) is 15.1 Å². The number of amides is 2. The molecule has 0 bridgehead atoms. The van der Waals surface area contributed by atoms with Gasteiger partial charge in [-0.3, -0.25) is 33.2 Å². The van der Waals surface area contributed by atoms with E-state index >= 15 is 0 Å². The molecule has 32 heteroatoms. The van der Waals surface area contributed by atoms with Crippen LogP contribution in [0.3, 0.4) is 0 Å². The summed E-state index contributed by atoms with van der Waals surface area (Å²) in [5.41, 5.74) is 21.5. The van der Waals surface area contributed by atoms with E-state index in [-0.39, 0.29) is 93.3 Å². The third kappa shape index (κ3) is 20.5. The Hall–Kier alpha value is -11.2. The molecule has 0 fully saturated rings. The number of benzene rings is 3. The lowest BCUT2D eigenvalue weighted by Gasteiger charge is -2.08. The smallest absolute Gasteiger partial charge is 0.335 e. The minimum absolute atomic E-state index is 0. The number of Topliss-reactive ketones (excluding diaryl/α,β-unsaturated/α-hetero) is 2. The second-order valence-electron chi connectivity index (χ2n) is 17.5. The highest BCUT2D eigenvalue weighted by molar-refractivity contribution is 6.33. The Morgan fingerprint density at radius 2 is 0.807 bits per heavy atom. The van der Waals surface area contributed by atoms with Gasteiger partial charge in [-0.15, -0.1) is 12.4 Å². The van der Waals surface area contributed by atoms with Crippen LogP contribution in [-0.2, 0) is 29.2 Å². The first kappa shape index (κ1) is 67.5. The molecule has 0 aliphatic carbocycles. The highest BCUT2D eigenvalue weighted by Gasteiger charge is 2.15. The number of ketones is 2. The molecule has 0 aliphatic heterocycles. The number of rotatable bonds is 21. The van der Waals surface area contributed by atoms with Crippen molar-refractivity contribution >= 4 is 111 Å². The zero-order valence-electron chi connectivity index (χ0n) is 45.7. The van der Waals surface area contributed by atoms with Gasteiger partial charge in [0.05, 0.1) is 123 Å². The number of hydrogen-bond donors (Lipinski definition) is 7. The SMILES string of the molecule is Cl.N#CCCC(=O)c1ccc(-c2nc(Nc3cnn(CC#N)c3)ncc2Cl)cc1.N#CCCC(=O)c1ccc(-c2nc(Nc3cnn(CC(N)=O)c3)ncc2Cl)cc1.N#CCN.NC(=O)Cn1cc(Nc2ncc(Cl)c(-c3ccc(C(=O)O)cc3)n2)cn1. The molecule has 0 saturated carbocycles. The van der Waals surface area contributed by atoms with Crippen molar-refractivity contribution in [3.05, 3.63) is 160 Å². The highest BCUT2D eigenvalue weighted by Crippen LogP contribution is 2.31. The predicted octanol–water partition coefficient (Wildman–Crippen LogP) is 8.27. The maximum atomic E-state index is 12.0. The van der Waals surface area contributed by atoms with Gasteiger partial charge in [0.2, 0.25) is 29.7 Å². The average Bonchev–Trinajstić information content (AvgIpc) is 4.50. The lowest BCUT2D eigenvalue weighted by molar-refractivity contribution is -0.119. The highest BCUT2D eigenvalue weighted by atomic mass is 35.5. The number of nitriles is 4. The Kier molecular flexibility index (Phi) is 26.0. The predicted molar refractivity (Wildman–Crippen MR) is 325 cm³/mol. The number of carboxylic acid groups (broad SMARTS) is 1. The largest absolute Gasteiger partial charge is 0.478 e. The summed E-state index contributed by atoms with van der Waals surface area (Å²) in [6.45, 7) is 0.200. The summed E-state index contributed by atoms with van der Waals surface area (Å²) >= 11 is 18.6. The number of nitrogens with one attached hydrogen (secondary N) is 3. The van der Waals surface area contributed by atoms with Crippen LogP contribution in [0.1, 0.15) is 56.8 Å². The molecule has 0 unspecified atom stereocenters. The van der Waals surface area contributed by atoms with Crippen LogP contribution < -0.4 is 33.2 Å². The van der Waals surface area contributed by atoms with Crippen molar-refractivity contribution in [2.45, 2.75) is 45.3 Å².